The molecule has 0 unspecified atom stereocenters. The number of nitrogens with one attached hydrogen (secondary N) is 1. The van der Waals surface area contributed by atoms with Crippen LogP contribution in [0.5, 0.6) is 0 Å². The molecule has 0 spiro atoms. The van der Waals surface area contributed by atoms with Crippen LogP contribution in [0.15, 0.2) is 22.6 Å². The Kier molecular flexibility index (Phi) is 4.41. The minimum absolute atomic E-state index is 0.0508. The predicted molar refractivity (Wildman–Crippen MR) is 73.4 cm³/mol. The Labute approximate surface area is 116 Å². The normalized spacial score (nSPS) is 10.7. The van der Waals surface area contributed by atoms with Crippen molar-refractivity contribution in [3.63, 3.8) is 0 Å². The van der Waals surface area contributed by atoms with Crippen LogP contribution in [-0.2, 0) is 6.42 Å². The van der Waals surface area contributed by atoms with E-state index >= 15 is 0 Å². The fourth-order valence-corrected chi connectivity index (χ4v) is 1.78. The topological polar surface area (TPSA) is 94.1 Å². The average Bonchev–Trinajstić information content (AvgIpc) is 2.88. The maximum atomic E-state index is 10.9. The molecule has 2 rings (SSSR count). The molecule has 7 nitrogen and oxygen atoms in total. The molecule has 106 valence electrons. The van der Waals surface area contributed by atoms with Crippen LogP contribution in [-0.4, -0.2) is 28.2 Å². The summed E-state index contributed by atoms with van der Waals surface area (Å²) in [5, 5.41) is 21.9. The van der Waals surface area contributed by atoms with Crippen LogP contribution < -0.4 is 5.32 Å². The zero-order valence-electron chi connectivity index (χ0n) is 11.4. The van der Waals surface area contributed by atoms with Gasteiger partial charge in [0.25, 0.3) is 5.69 Å². The van der Waals surface area contributed by atoms with Gasteiger partial charge >= 0.3 is 0 Å². The highest BCUT2D eigenvalue weighted by Crippen LogP contribution is 2.25. The molecule has 0 aliphatic rings. The number of benzene rings is 1. The third-order valence-corrected chi connectivity index (χ3v) is 2.89. The molecule has 0 atom stereocenters. The van der Waals surface area contributed by atoms with Gasteiger partial charge in [0.15, 0.2) is 0 Å². The third kappa shape index (κ3) is 3.18. The fourth-order valence-electron chi connectivity index (χ4n) is 1.78. The number of nitrogens with zero attached hydrogens (tertiary/aromatic N) is 3. The van der Waals surface area contributed by atoms with Gasteiger partial charge in [0.2, 0.25) is 11.8 Å². The molecule has 0 aliphatic heterocycles. The van der Waals surface area contributed by atoms with Gasteiger partial charge in [0.1, 0.15) is 0 Å². The Balaban J connectivity index is 2.19. The molecule has 0 radical (unpaired) electrons. The lowest BCUT2D eigenvalue weighted by molar-refractivity contribution is -0.385. The number of likely N-dealkylation sites (N-methyl/N-ethyl adjacent to an activating group) is 1. The van der Waals surface area contributed by atoms with Crippen LogP contribution in [0.4, 0.5) is 5.69 Å². The largest absolute Gasteiger partial charge is 0.421 e. The van der Waals surface area contributed by atoms with Crippen molar-refractivity contribution < 1.29 is 9.34 Å². The number of nitro groups is 1. The van der Waals surface area contributed by atoms with Crippen molar-refractivity contribution in [3.8, 4) is 11.5 Å². The molecular weight excluding hydrogens is 260 g/mol. The Morgan fingerprint density at radius 2 is 2.20 bits per heavy atom. The highest BCUT2D eigenvalue weighted by molar-refractivity contribution is 5.59. The average molecular weight is 276 g/mol. The van der Waals surface area contributed by atoms with Gasteiger partial charge in [-0.2, -0.15) is 0 Å². The summed E-state index contributed by atoms with van der Waals surface area (Å²) in [6.45, 7) is 5.35. The molecule has 1 aromatic heterocycles. The Morgan fingerprint density at radius 1 is 1.40 bits per heavy atom. The van der Waals surface area contributed by atoms with E-state index in [0.29, 0.717) is 29.3 Å². The quantitative estimate of drug-likeness (QED) is 0.493. The molecule has 0 saturated carbocycles. The summed E-state index contributed by atoms with van der Waals surface area (Å²) in [5.74, 6) is 0.823. The summed E-state index contributed by atoms with van der Waals surface area (Å²) in [5.41, 5.74) is 1.21. The van der Waals surface area contributed by atoms with Crippen LogP contribution in [0.25, 0.3) is 11.5 Å². The van der Waals surface area contributed by atoms with Gasteiger partial charge in [0, 0.05) is 30.2 Å². The highest BCUT2D eigenvalue weighted by atomic mass is 16.6. The molecular formula is C13H16N4O3. The summed E-state index contributed by atoms with van der Waals surface area (Å²) >= 11 is 0. The van der Waals surface area contributed by atoms with Gasteiger partial charge in [0.05, 0.1) is 4.92 Å². The van der Waals surface area contributed by atoms with Crippen molar-refractivity contribution in [1.82, 2.24) is 15.5 Å². The van der Waals surface area contributed by atoms with Crippen LogP contribution in [0, 0.1) is 17.0 Å². The second kappa shape index (κ2) is 6.25. The van der Waals surface area contributed by atoms with Gasteiger partial charge in [-0.3, -0.25) is 10.1 Å². The van der Waals surface area contributed by atoms with E-state index in [9.17, 15) is 10.1 Å². The molecule has 0 fully saturated rings. The van der Waals surface area contributed by atoms with E-state index in [2.05, 4.69) is 15.5 Å². The number of aryl methyl sites for hydroxylation is 1. The Hall–Kier alpha value is -2.28. The highest BCUT2D eigenvalue weighted by Gasteiger charge is 2.15. The SMILES string of the molecule is CCNCCc1nnc(-c2ccc(C)c([N+](=O)[O-])c2)o1. The molecule has 0 saturated heterocycles. The molecule has 1 aromatic carbocycles. The van der Waals surface area contributed by atoms with E-state index in [1.165, 1.54) is 6.07 Å². The second-order valence-electron chi connectivity index (χ2n) is 4.36. The monoisotopic (exact) mass is 276 g/mol. The van der Waals surface area contributed by atoms with Crippen molar-refractivity contribution in [2.24, 2.45) is 0 Å². The lowest BCUT2D eigenvalue weighted by Gasteiger charge is -1.99. The standard InChI is InChI=1S/C13H16N4O3/c1-3-14-7-6-12-15-16-13(20-12)10-5-4-9(2)11(8-10)17(18)19/h4-5,8,14H,3,6-7H2,1-2H3. The van der Waals surface area contributed by atoms with Crippen molar-refractivity contribution in [1.29, 1.82) is 0 Å². The maximum absolute atomic E-state index is 10.9. The molecule has 1 heterocycles. The first kappa shape index (κ1) is 14.1. The number of nitro benzene ring substituents is 1. The number of aromatic nitrogens is 2. The molecule has 0 bridgehead atoms. The fraction of sp³-hybridized carbons (Fsp3) is 0.385. The first-order chi connectivity index (χ1) is 9.61. The number of hydrogen-bond acceptors (Lipinski definition) is 6. The van der Waals surface area contributed by atoms with Crippen molar-refractivity contribution in [2.45, 2.75) is 20.3 Å². The van der Waals surface area contributed by atoms with Gasteiger partial charge in [-0.1, -0.05) is 13.0 Å². The molecule has 1 N–H and O–H groups in total. The molecule has 0 aliphatic carbocycles. The first-order valence-corrected chi connectivity index (χ1v) is 6.40. The van der Waals surface area contributed by atoms with E-state index in [0.717, 1.165) is 13.1 Å². The molecule has 20 heavy (non-hydrogen) atoms. The van der Waals surface area contributed by atoms with Gasteiger partial charge in [-0.25, -0.2) is 0 Å². The van der Waals surface area contributed by atoms with Crippen LogP contribution in [0.1, 0.15) is 18.4 Å². The first-order valence-electron chi connectivity index (χ1n) is 6.40. The number of rotatable bonds is 6. The van der Waals surface area contributed by atoms with E-state index in [-0.39, 0.29) is 5.69 Å². The summed E-state index contributed by atoms with van der Waals surface area (Å²) in [7, 11) is 0. The van der Waals surface area contributed by atoms with Crippen molar-refractivity contribution in [2.75, 3.05) is 13.1 Å². The van der Waals surface area contributed by atoms with Crippen molar-refractivity contribution in [3.05, 3.63) is 39.8 Å². The minimum Gasteiger partial charge on any atom is -0.421 e. The van der Waals surface area contributed by atoms with E-state index < -0.39 is 4.92 Å². The summed E-state index contributed by atoms with van der Waals surface area (Å²) in [6, 6.07) is 4.87. The Bertz CT molecular complexity index is 609. The van der Waals surface area contributed by atoms with Crippen LogP contribution in [0.2, 0.25) is 0 Å². The maximum Gasteiger partial charge on any atom is 0.273 e. The van der Waals surface area contributed by atoms with E-state index in [1.807, 2.05) is 6.92 Å². The minimum atomic E-state index is -0.415. The third-order valence-electron chi connectivity index (χ3n) is 2.89. The van der Waals surface area contributed by atoms with Gasteiger partial charge in [-0.05, 0) is 19.5 Å². The summed E-state index contributed by atoms with van der Waals surface area (Å²) in [4.78, 5) is 10.5. The summed E-state index contributed by atoms with van der Waals surface area (Å²) in [6.07, 6.45) is 0.634. The second-order valence-corrected chi connectivity index (χ2v) is 4.36. The van der Waals surface area contributed by atoms with Gasteiger partial charge in [-0.15, -0.1) is 10.2 Å². The zero-order chi connectivity index (χ0) is 14.5. The van der Waals surface area contributed by atoms with E-state index in [1.54, 1.807) is 19.1 Å². The van der Waals surface area contributed by atoms with Crippen LogP contribution in [0.3, 0.4) is 0 Å². The van der Waals surface area contributed by atoms with Crippen LogP contribution >= 0.6 is 0 Å². The molecule has 7 heteroatoms. The van der Waals surface area contributed by atoms with Crippen molar-refractivity contribution >= 4 is 5.69 Å². The predicted octanol–water partition coefficient (Wildman–Crippen LogP) is 2.11. The Morgan fingerprint density at radius 3 is 2.90 bits per heavy atom. The van der Waals surface area contributed by atoms with E-state index in [4.69, 9.17) is 4.42 Å². The number of hydrogen-bond donors (Lipinski definition) is 1. The lowest BCUT2D eigenvalue weighted by Crippen LogP contribution is -2.16. The molecule has 2 aromatic rings. The smallest absolute Gasteiger partial charge is 0.273 e. The van der Waals surface area contributed by atoms with Gasteiger partial charge < -0.3 is 9.73 Å². The summed E-state index contributed by atoms with van der Waals surface area (Å²) < 4.78 is 5.51. The molecule has 0 amide bonds. The zero-order valence-corrected chi connectivity index (χ0v) is 11.4. The lowest BCUT2D eigenvalue weighted by atomic mass is 10.1.